The van der Waals surface area contributed by atoms with Crippen LogP contribution in [0.25, 0.3) is 0 Å². The van der Waals surface area contributed by atoms with Gasteiger partial charge in [0.05, 0.1) is 25.8 Å². The van der Waals surface area contributed by atoms with E-state index in [4.69, 9.17) is 4.74 Å². The number of hydrogen-bond acceptors (Lipinski definition) is 4. The number of hydrogen-bond donors (Lipinski definition) is 2. The Hall–Kier alpha value is -1.57. The Labute approximate surface area is 134 Å². The van der Waals surface area contributed by atoms with Crippen LogP contribution in [-0.4, -0.2) is 55.6 Å². The highest BCUT2D eigenvalue weighted by Gasteiger charge is 2.42. The quantitative estimate of drug-likeness (QED) is 0.880. The molecule has 2 fully saturated rings. The molecule has 23 heavy (non-hydrogen) atoms. The van der Waals surface area contributed by atoms with Gasteiger partial charge in [-0.3, -0.25) is 15.0 Å². The lowest BCUT2D eigenvalue weighted by Gasteiger charge is -2.26. The molecule has 0 bridgehead atoms. The number of carbonyl (C=O) groups excluding carboxylic acids is 1. The zero-order valence-corrected chi connectivity index (χ0v) is 12.9. The lowest BCUT2D eigenvalue weighted by molar-refractivity contribution is -0.118. The molecule has 1 aromatic carbocycles. The normalized spacial score (nSPS) is 24.5. The molecular formula is C16H21F2N3O2. The summed E-state index contributed by atoms with van der Waals surface area (Å²) >= 11 is 0. The van der Waals surface area contributed by atoms with Gasteiger partial charge in [-0.25, -0.2) is 8.78 Å². The van der Waals surface area contributed by atoms with E-state index in [1.807, 2.05) is 18.2 Å². The van der Waals surface area contributed by atoms with E-state index >= 15 is 0 Å². The maximum Gasteiger partial charge on any atom is 0.262 e. The van der Waals surface area contributed by atoms with Crippen LogP contribution in [0.2, 0.25) is 0 Å². The second kappa shape index (κ2) is 6.90. The number of halogens is 2. The minimum atomic E-state index is -2.81. The van der Waals surface area contributed by atoms with Crippen molar-refractivity contribution in [2.75, 3.05) is 38.2 Å². The van der Waals surface area contributed by atoms with Crippen LogP contribution in [0.4, 0.5) is 14.5 Å². The van der Waals surface area contributed by atoms with E-state index in [0.29, 0.717) is 5.69 Å². The van der Waals surface area contributed by atoms with E-state index in [1.165, 1.54) is 0 Å². The SMILES string of the molecule is O=C(Nc1cccc(CN2CCOCC2)c1)C1CC(F)(F)CN1. The Morgan fingerprint density at radius 1 is 1.39 bits per heavy atom. The van der Waals surface area contributed by atoms with Crippen molar-refractivity contribution in [1.29, 1.82) is 0 Å². The molecular weight excluding hydrogens is 304 g/mol. The maximum atomic E-state index is 13.2. The predicted octanol–water partition coefficient (Wildman–Crippen LogP) is 1.45. The first-order valence-corrected chi connectivity index (χ1v) is 7.83. The summed E-state index contributed by atoms with van der Waals surface area (Å²) in [4.78, 5) is 14.4. The number of rotatable bonds is 4. The third-order valence-electron chi connectivity index (χ3n) is 4.13. The second-order valence-electron chi connectivity index (χ2n) is 6.07. The molecule has 5 nitrogen and oxygen atoms in total. The van der Waals surface area contributed by atoms with E-state index in [-0.39, 0.29) is 0 Å². The third kappa shape index (κ3) is 4.46. The van der Waals surface area contributed by atoms with Gasteiger partial charge in [-0.15, -0.1) is 0 Å². The van der Waals surface area contributed by atoms with E-state index in [0.717, 1.165) is 38.4 Å². The molecule has 2 aliphatic rings. The van der Waals surface area contributed by atoms with Crippen molar-refractivity contribution in [3.05, 3.63) is 29.8 Å². The van der Waals surface area contributed by atoms with Crippen molar-refractivity contribution >= 4 is 11.6 Å². The summed E-state index contributed by atoms with van der Waals surface area (Å²) in [5, 5.41) is 5.28. The highest BCUT2D eigenvalue weighted by Crippen LogP contribution is 2.25. The Morgan fingerprint density at radius 3 is 2.87 bits per heavy atom. The smallest absolute Gasteiger partial charge is 0.262 e. The first-order chi connectivity index (χ1) is 11.0. The maximum absolute atomic E-state index is 13.2. The molecule has 0 saturated carbocycles. The fraction of sp³-hybridized carbons (Fsp3) is 0.562. The molecule has 2 heterocycles. The second-order valence-corrected chi connectivity index (χ2v) is 6.07. The first-order valence-electron chi connectivity index (χ1n) is 7.83. The Balaban J connectivity index is 1.57. The van der Waals surface area contributed by atoms with E-state index < -0.39 is 30.8 Å². The van der Waals surface area contributed by atoms with Crippen molar-refractivity contribution in [3.63, 3.8) is 0 Å². The predicted molar refractivity (Wildman–Crippen MR) is 82.5 cm³/mol. The molecule has 7 heteroatoms. The fourth-order valence-corrected chi connectivity index (χ4v) is 2.90. The molecule has 2 N–H and O–H groups in total. The molecule has 0 spiro atoms. The fourth-order valence-electron chi connectivity index (χ4n) is 2.90. The van der Waals surface area contributed by atoms with E-state index in [1.54, 1.807) is 6.07 Å². The topological polar surface area (TPSA) is 53.6 Å². The molecule has 3 rings (SSSR count). The number of carbonyl (C=O) groups is 1. The highest BCUT2D eigenvalue weighted by atomic mass is 19.3. The standard InChI is InChI=1S/C16H21F2N3O2/c17-16(18)9-14(19-11-16)15(22)20-13-3-1-2-12(8-13)10-21-4-6-23-7-5-21/h1-3,8,14,19H,4-7,9-11H2,(H,20,22). The number of ether oxygens (including phenoxy) is 1. The molecule has 0 aromatic heterocycles. The summed E-state index contributed by atoms with van der Waals surface area (Å²) in [6.07, 6.45) is -0.452. The van der Waals surface area contributed by atoms with Gasteiger partial charge >= 0.3 is 0 Å². The van der Waals surface area contributed by atoms with Crippen molar-refractivity contribution in [2.24, 2.45) is 0 Å². The van der Waals surface area contributed by atoms with Gasteiger partial charge in [0.1, 0.15) is 0 Å². The van der Waals surface area contributed by atoms with E-state index in [9.17, 15) is 13.6 Å². The number of alkyl halides is 2. The van der Waals surface area contributed by atoms with Crippen LogP contribution in [0.3, 0.4) is 0 Å². The summed E-state index contributed by atoms with van der Waals surface area (Å²) in [5.74, 6) is -3.22. The minimum absolute atomic E-state index is 0.411. The molecule has 2 saturated heterocycles. The summed E-state index contributed by atoms with van der Waals surface area (Å²) in [6, 6.07) is 6.68. The zero-order chi connectivity index (χ0) is 16.3. The molecule has 1 atom stereocenters. The number of benzene rings is 1. The van der Waals surface area contributed by atoms with Gasteiger partial charge in [0.25, 0.3) is 5.92 Å². The molecule has 0 radical (unpaired) electrons. The van der Waals surface area contributed by atoms with Crippen molar-refractivity contribution < 1.29 is 18.3 Å². The Kier molecular flexibility index (Phi) is 4.89. The van der Waals surface area contributed by atoms with Crippen LogP contribution in [0.1, 0.15) is 12.0 Å². The van der Waals surface area contributed by atoms with Gasteiger partial charge < -0.3 is 10.1 Å². The van der Waals surface area contributed by atoms with E-state index in [2.05, 4.69) is 15.5 Å². The molecule has 0 aliphatic carbocycles. The number of nitrogens with one attached hydrogen (secondary N) is 2. The zero-order valence-electron chi connectivity index (χ0n) is 12.9. The summed E-state index contributed by atoms with van der Waals surface area (Å²) < 4.78 is 31.6. The number of anilines is 1. The third-order valence-corrected chi connectivity index (χ3v) is 4.13. The van der Waals surface area contributed by atoms with Gasteiger partial charge in [-0.1, -0.05) is 12.1 Å². The summed E-state index contributed by atoms with van der Waals surface area (Å²) in [5.41, 5.74) is 1.71. The largest absolute Gasteiger partial charge is 0.379 e. The first kappa shape index (κ1) is 16.3. The molecule has 2 aliphatic heterocycles. The average molecular weight is 325 g/mol. The lowest BCUT2D eigenvalue weighted by Crippen LogP contribution is -2.36. The average Bonchev–Trinajstić information content (AvgIpc) is 2.89. The van der Waals surface area contributed by atoms with Crippen molar-refractivity contribution in [3.8, 4) is 0 Å². The van der Waals surface area contributed by atoms with Crippen LogP contribution >= 0.6 is 0 Å². The van der Waals surface area contributed by atoms with Crippen LogP contribution < -0.4 is 10.6 Å². The number of nitrogens with zero attached hydrogens (tertiary/aromatic N) is 1. The van der Waals surface area contributed by atoms with Gasteiger partial charge in [0, 0.05) is 31.7 Å². The van der Waals surface area contributed by atoms with Crippen LogP contribution in [0.15, 0.2) is 24.3 Å². The van der Waals surface area contributed by atoms with Gasteiger partial charge in [0.15, 0.2) is 0 Å². The summed E-state index contributed by atoms with van der Waals surface area (Å²) in [7, 11) is 0. The molecule has 126 valence electrons. The molecule has 1 unspecified atom stereocenters. The lowest BCUT2D eigenvalue weighted by atomic mass is 10.1. The van der Waals surface area contributed by atoms with Crippen molar-refractivity contribution in [2.45, 2.75) is 24.9 Å². The number of amides is 1. The Morgan fingerprint density at radius 2 is 2.17 bits per heavy atom. The van der Waals surface area contributed by atoms with Gasteiger partial charge in [-0.05, 0) is 17.7 Å². The summed E-state index contributed by atoms with van der Waals surface area (Å²) in [6.45, 7) is 3.58. The van der Waals surface area contributed by atoms with Gasteiger partial charge in [-0.2, -0.15) is 0 Å². The minimum Gasteiger partial charge on any atom is -0.379 e. The monoisotopic (exact) mass is 325 g/mol. The van der Waals surface area contributed by atoms with Gasteiger partial charge in [0.2, 0.25) is 5.91 Å². The molecule has 1 amide bonds. The van der Waals surface area contributed by atoms with Crippen molar-refractivity contribution in [1.82, 2.24) is 10.2 Å². The van der Waals surface area contributed by atoms with Crippen LogP contribution in [0.5, 0.6) is 0 Å². The Bertz CT molecular complexity index is 562. The van der Waals surface area contributed by atoms with Crippen LogP contribution in [-0.2, 0) is 16.1 Å². The highest BCUT2D eigenvalue weighted by molar-refractivity contribution is 5.95. The number of morpholine rings is 1. The van der Waals surface area contributed by atoms with Crippen LogP contribution in [0, 0.1) is 0 Å². The molecule has 1 aromatic rings.